The SMILES string of the molecule is CC(C)=C1[C@@H]2C=C[C@@H]1[C@H]1C(=O)N(c3ccc(C(=O)O)cc3)C(=O)[C@@H]12. The van der Waals surface area contributed by atoms with Crippen LogP contribution >= 0.6 is 0 Å². The normalized spacial score (nSPS) is 30.2. The molecule has 2 bridgehead atoms. The second-order valence-electron chi connectivity index (χ2n) is 6.81. The third-order valence-corrected chi connectivity index (χ3v) is 5.37. The van der Waals surface area contributed by atoms with Gasteiger partial charge in [-0.05, 0) is 38.1 Å². The molecule has 1 saturated carbocycles. The molecule has 2 fully saturated rings. The van der Waals surface area contributed by atoms with Gasteiger partial charge in [-0.3, -0.25) is 9.59 Å². The van der Waals surface area contributed by atoms with Crippen LogP contribution in [0.15, 0.2) is 47.6 Å². The Kier molecular flexibility index (Phi) is 3.04. The van der Waals surface area contributed by atoms with Crippen LogP contribution in [0.25, 0.3) is 0 Å². The predicted molar refractivity (Wildman–Crippen MR) is 87.4 cm³/mol. The van der Waals surface area contributed by atoms with E-state index in [1.807, 2.05) is 13.8 Å². The predicted octanol–water partition coefficient (Wildman–Crippen LogP) is 2.64. The molecule has 0 spiro atoms. The minimum absolute atomic E-state index is 0.0183. The maximum Gasteiger partial charge on any atom is 0.335 e. The largest absolute Gasteiger partial charge is 0.478 e. The summed E-state index contributed by atoms with van der Waals surface area (Å²) in [4.78, 5) is 38.0. The zero-order valence-electron chi connectivity index (χ0n) is 13.4. The van der Waals surface area contributed by atoms with Crippen LogP contribution in [0, 0.1) is 23.7 Å². The number of allylic oxidation sites excluding steroid dienone is 4. The quantitative estimate of drug-likeness (QED) is 0.670. The van der Waals surface area contributed by atoms with Crippen LogP contribution in [0.5, 0.6) is 0 Å². The Labute approximate surface area is 139 Å². The number of carbonyl (C=O) groups is 3. The Bertz CT molecular complexity index is 795. The minimum atomic E-state index is -1.03. The van der Waals surface area contributed by atoms with Gasteiger partial charge in [0, 0.05) is 11.8 Å². The fourth-order valence-corrected chi connectivity index (χ4v) is 4.44. The van der Waals surface area contributed by atoms with Crippen molar-refractivity contribution < 1.29 is 19.5 Å². The molecule has 24 heavy (non-hydrogen) atoms. The number of rotatable bonds is 2. The van der Waals surface area contributed by atoms with E-state index >= 15 is 0 Å². The molecule has 0 aromatic heterocycles. The van der Waals surface area contributed by atoms with E-state index in [-0.39, 0.29) is 41.0 Å². The third-order valence-electron chi connectivity index (χ3n) is 5.37. The van der Waals surface area contributed by atoms with Gasteiger partial charge in [-0.15, -0.1) is 0 Å². The van der Waals surface area contributed by atoms with Gasteiger partial charge >= 0.3 is 5.97 Å². The molecule has 1 heterocycles. The molecular formula is C19H17NO4. The molecule has 1 aliphatic heterocycles. The van der Waals surface area contributed by atoms with E-state index in [0.29, 0.717) is 5.69 Å². The molecule has 0 radical (unpaired) electrons. The number of anilines is 1. The molecule has 0 unspecified atom stereocenters. The Morgan fingerprint density at radius 2 is 1.46 bits per heavy atom. The van der Waals surface area contributed by atoms with Gasteiger partial charge in [0.15, 0.2) is 0 Å². The van der Waals surface area contributed by atoms with E-state index < -0.39 is 5.97 Å². The van der Waals surface area contributed by atoms with Crippen molar-refractivity contribution in [2.45, 2.75) is 13.8 Å². The minimum Gasteiger partial charge on any atom is -0.478 e. The van der Waals surface area contributed by atoms with Crippen LogP contribution in [-0.4, -0.2) is 22.9 Å². The van der Waals surface area contributed by atoms with Gasteiger partial charge in [0.2, 0.25) is 11.8 Å². The van der Waals surface area contributed by atoms with E-state index in [4.69, 9.17) is 5.11 Å². The van der Waals surface area contributed by atoms with Crippen LogP contribution in [-0.2, 0) is 9.59 Å². The summed E-state index contributed by atoms with van der Waals surface area (Å²) >= 11 is 0. The first-order valence-electron chi connectivity index (χ1n) is 7.98. The number of carbonyl (C=O) groups excluding carboxylic acids is 2. The van der Waals surface area contributed by atoms with Crippen molar-refractivity contribution in [2.24, 2.45) is 23.7 Å². The first-order valence-corrected chi connectivity index (χ1v) is 7.98. The van der Waals surface area contributed by atoms with Crippen molar-refractivity contribution in [1.29, 1.82) is 0 Å². The first-order chi connectivity index (χ1) is 11.4. The Balaban J connectivity index is 1.71. The highest BCUT2D eigenvalue weighted by molar-refractivity contribution is 6.23. The molecule has 1 aromatic carbocycles. The van der Waals surface area contributed by atoms with E-state index in [9.17, 15) is 14.4 Å². The second kappa shape index (κ2) is 4.90. The topological polar surface area (TPSA) is 74.7 Å². The van der Waals surface area contributed by atoms with Crippen molar-refractivity contribution in [1.82, 2.24) is 0 Å². The van der Waals surface area contributed by atoms with Crippen LogP contribution < -0.4 is 4.90 Å². The zero-order chi connectivity index (χ0) is 17.2. The molecule has 5 heteroatoms. The molecule has 1 N–H and O–H groups in total. The number of nitrogens with zero attached hydrogens (tertiary/aromatic N) is 1. The van der Waals surface area contributed by atoms with Crippen molar-refractivity contribution in [3.8, 4) is 0 Å². The average Bonchev–Trinajstić information content (AvgIpc) is 3.18. The van der Waals surface area contributed by atoms with Crippen LogP contribution in [0.2, 0.25) is 0 Å². The number of carboxylic acid groups (broad SMARTS) is 1. The molecule has 5 nitrogen and oxygen atoms in total. The molecule has 3 aliphatic rings. The van der Waals surface area contributed by atoms with E-state index in [1.54, 1.807) is 0 Å². The summed E-state index contributed by atoms with van der Waals surface area (Å²) in [5.41, 5.74) is 2.98. The van der Waals surface area contributed by atoms with Crippen LogP contribution in [0.4, 0.5) is 5.69 Å². The van der Waals surface area contributed by atoms with E-state index in [0.717, 1.165) is 0 Å². The van der Waals surface area contributed by atoms with Crippen molar-refractivity contribution in [3.63, 3.8) is 0 Å². The summed E-state index contributed by atoms with van der Waals surface area (Å²) in [5, 5.41) is 8.97. The van der Waals surface area contributed by atoms with E-state index in [2.05, 4.69) is 12.2 Å². The number of carboxylic acids is 1. The monoisotopic (exact) mass is 323 g/mol. The molecule has 4 atom stereocenters. The average molecular weight is 323 g/mol. The maximum absolute atomic E-state index is 12.9. The lowest BCUT2D eigenvalue weighted by atomic mass is 9.85. The first kappa shape index (κ1) is 14.9. The fourth-order valence-electron chi connectivity index (χ4n) is 4.44. The second-order valence-corrected chi connectivity index (χ2v) is 6.81. The lowest BCUT2D eigenvalue weighted by molar-refractivity contribution is -0.122. The molecule has 2 aliphatic carbocycles. The Morgan fingerprint density at radius 3 is 1.88 bits per heavy atom. The van der Waals surface area contributed by atoms with Gasteiger partial charge in [-0.25, -0.2) is 9.69 Å². The summed E-state index contributed by atoms with van der Waals surface area (Å²) in [6.07, 6.45) is 4.10. The summed E-state index contributed by atoms with van der Waals surface area (Å²) in [5.74, 6) is -2.00. The van der Waals surface area contributed by atoms with Crippen LogP contribution in [0.3, 0.4) is 0 Å². The molecule has 2 amide bonds. The number of benzene rings is 1. The highest BCUT2D eigenvalue weighted by Gasteiger charge is 2.61. The lowest BCUT2D eigenvalue weighted by Gasteiger charge is -2.19. The van der Waals surface area contributed by atoms with Crippen molar-refractivity contribution >= 4 is 23.5 Å². The number of aromatic carboxylic acids is 1. The fraction of sp³-hybridized carbons (Fsp3) is 0.316. The number of hydrogen-bond acceptors (Lipinski definition) is 3. The molecule has 122 valence electrons. The van der Waals surface area contributed by atoms with Gasteiger partial charge in [0.1, 0.15) is 0 Å². The van der Waals surface area contributed by atoms with Gasteiger partial charge < -0.3 is 5.11 Å². The van der Waals surface area contributed by atoms with Crippen molar-refractivity contribution in [2.75, 3.05) is 4.90 Å². The summed E-state index contributed by atoms with van der Waals surface area (Å²) < 4.78 is 0. The number of fused-ring (bicyclic) bond motifs is 5. The van der Waals surface area contributed by atoms with Gasteiger partial charge in [0.25, 0.3) is 0 Å². The molecule has 4 rings (SSSR count). The lowest BCUT2D eigenvalue weighted by Crippen LogP contribution is -2.33. The molecule has 1 aromatic rings. The zero-order valence-corrected chi connectivity index (χ0v) is 13.4. The van der Waals surface area contributed by atoms with Crippen LogP contribution in [0.1, 0.15) is 24.2 Å². The van der Waals surface area contributed by atoms with Gasteiger partial charge in [-0.2, -0.15) is 0 Å². The molecule has 1 saturated heterocycles. The number of amides is 2. The summed E-state index contributed by atoms with van der Waals surface area (Å²) in [7, 11) is 0. The molecular weight excluding hydrogens is 306 g/mol. The van der Waals surface area contributed by atoms with Gasteiger partial charge in [-0.1, -0.05) is 23.3 Å². The third kappa shape index (κ3) is 1.78. The number of imide groups is 1. The Hall–Kier alpha value is -2.69. The number of hydrogen-bond donors (Lipinski definition) is 1. The maximum atomic E-state index is 12.9. The summed E-state index contributed by atoms with van der Waals surface area (Å²) in [6.45, 7) is 4.06. The highest BCUT2D eigenvalue weighted by Crippen LogP contribution is 2.57. The van der Waals surface area contributed by atoms with E-state index in [1.165, 1.54) is 40.3 Å². The standard InChI is InChI=1S/C19H17NO4/c1-9(2)14-12-7-8-13(14)16-15(12)17(21)20(18(16)22)11-5-3-10(4-6-11)19(23)24/h3-8,12-13,15-16H,1-2H3,(H,23,24)/t12-,13-,15+,16+/m0/s1. The summed E-state index contributed by atoms with van der Waals surface area (Å²) in [6, 6.07) is 5.89. The van der Waals surface area contributed by atoms with Crippen molar-refractivity contribution in [3.05, 3.63) is 53.1 Å². The highest BCUT2D eigenvalue weighted by atomic mass is 16.4. The van der Waals surface area contributed by atoms with Gasteiger partial charge in [0.05, 0.1) is 23.1 Å². The Morgan fingerprint density at radius 1 is 0.958 bits per heavy atom. The smallest absolute Gasteiger partial charge is 0.335 e.